The summed E-state index contributed by atoms with van der Waals surface area (Å²) in [7, 11) is -1.61. The van der Waals surface area contributed by atoms with E-state index >= 15 is 0 Å². The lowest BCUT2D eigenvalue weighted by Gasteiger charge is -2.21. The first kappa shape index (κ1) is 15.8. The molecule has 0 aliphatic heterocycles. The van der Waals surface area contributed by atoms with E-state index in [1.165, 1.54) is 0 Å². The fourth-order valence-corrected chi connectivity index (χ4v) is 3.58. The molecule has 0 saturated heterocycles. The summed E-state index contributed by atoms with van der Waals surface area (Å²) < 4.78 is 11.5. The van der Waals surface area contributed by atoms with Gasteiger partial charge in [-0.05, 0) is 32.9 Å². The van der Waals surface area contributed by atoms with Crippen molar-refractivity contribution in [3.8, 4) is 0 Å². The molecule has 0 spiro atoms. The molecule has 96 valence electrons. The van der Waals surface area contributed by atoms with E-state index in [4.69, 9.17) is 8.85 Å². The highest BCUT2D eigenvalue weighted by Crippen LogP contribution is 2.09. The van der Waals surface area contributed by atoms with Gasteiger partial charge in [0.25, 0.3) is 0 Å². The van der Waals surface area contributed by atoms with Crippen LogP contribution in [0.2, 0.25) is 0 Å². The van der Waals surface area contributed by atoms with E-state index in [2.05, 4.69) is 18.8 Å². The molecule has 0 fully saturated rings. The zero-order valence-electron chi connectivity index (χ0n) is 11.2. The van der Waals surface area contributed by atoms with Crippen molar-refractivity contribution in [2.45, 2.75) is 59.0 Å². The van der Waals surface area contributed by atoms with Crippen LogP contribution in [0, 0.1) is 0 Å². The maximum absolute atomic E-state index is 5.73. The van der Waals surface area contributed by atoms with Gasteiger partial charge >= 0.3 is 9.28 Å². The Morgan fingerprint density at radius 3 is 2.12 bits per heavy atom. The summed E-state index contributed by atoms with van der Waals surface area (Å²) in [5.41, 5.74) is 0.288. The largest absolute Gasteiger partial charge is 0.396 e. The predicted octanol–water partition coefficient (Wildman–Crippen LogP) is 2.86. The molecule has 1 unspecified atom stereocenters. The normalized spacial score (nSPS) is 13.8. The Bertz CT molecular complexity index is 170. The van der Waals surface area contributed by atoms with Crippen LogP contribution in [0.3, 0.4) is 0 Å². The third kappa shape index (κ3) is 7.14. The first-order valence-electron chi connectivity index (χ1n) is 6.54. The Hall–Kier alpha value is -0.193. The van der Waals surface area contributed by atoms with Gasteiger partial charge in [-0.25, -0.2) is 0 Å². The molecule has 0 saturated carbocycles. The van der Waals surface area contributed by atoms with Gasteiger partial charge in [-0.3, -0.25) is 4.99 Å². The van der Waals surface area contributed by atoms with Gasteiger partial charge in [0.15, 0.2) is 0 Å². The number of unbranched alkanes of at least 4 members (excludes halogenated alkanes) is 1. The van der Waals surface area contributed by atoms with Crippen LogP contribution < -0.4 is 0 Å². The minimum Gasteiger partial charge on any atom is -0.396 e. The Morgan fingerprint density at radius 1 is 1.06 bits per heavy atom. The quantitative estimate of drug-likeness (QED) is 0.438. The Labute approximate surface area is 102 Å². The average molecular weight is 245 g/mol. The van der Waals surface area contributed by atoms with E-state index in [9.17, 15) is 0 Å². The monoisotopic (exact) mass is 245 g/mol. The van der Waals surface area contributed by atoms with Crippen LogP contribution in [0.4, 0.5) is 0 Å². The van der Waals surface area contributed by atoms with E-state index in [-0.39, 0.29) is 5.67 Å². The molecule has 1 atom stereocenters. The van der Waals surface area contributed by atoms with Crippen molar-refractivity contribution >= 4 is 15.5 Å². The van der Waals surface area contributed by atoms with Gasteiger partial charge < -0.3 is 8.85 Å². The molecule has 0 amide bonds. The molecule has 0 bridgehead atoms. The van der Waals surface area contributed by atoms with Crippen LogP contribution in [0.15, 0.2) is 4.99 Å². The molecular weight excluding hydrogens is 218 g/mol. The second-order valence-corrected chi connectivity index (χ2v) is 5.93. The van der Waals surface area contributed by atoms with E-state index in [1.807, 2.05) is 20.1 Å². The maximum atomic E-state index is 5.73. The summed E-state index contributed by atoms with van der Waals surface area (Å²) in [6, 6.07) is 0. The van der Waals surface area contributed by atoms with Crippen LogP contribution in [0.1, 0.15) is 53.4 Å². The van der Waals surface area contributed by atoms with Crippen LogP contribution in [0.25, 0.3) is 0 Å². The third-order valence-electron chi connectivity index (χ3n) is 2.28. The summed E-state index contributed by atoms with van der Waals surface area (Å²) >= 11 is 0. The van der Waals surface area contributed by atoms with Crippen molar-refractivity contribution in [1.29, 1.82) is 0 Å². The number of rotatable bonds is 10. The van der Waals surface area contributed by atoms with Crippen LogP contribution in [-0.4, -0.2) is 34.4 Å². The molecule has 0 aromatic rings. The van der Waals surface area contributed by atoms with Gasteiger partial charge in [0, 0.05) is 13.2 Å². The highest BCUT2D eigenvalue weighted by Gasteiger charge is 2.23. The van der Waals surface area contributed by atoms with Crippen LogP contribution >= 0.6 is 0 Å². The summed E-state index contributed by atoms with van der Waals surface area (Å²) in [5.74, 6) is 0. The van der Waals surface area contributed by atoms with Gasteiger partial charge in [-0.1, -0.05) is 26.7 Å². The summed E-state index contributed by atoms with van der Waals surface area (Å²) in [4.78, 5) is 4.63. The SMILES string of the molecule is CCCC=NC(CCC)[SiH](OCC)OCC. The smallest absolute Gasteiger partial charge is 0.346 e. The maximum Gasteiger partial charge on any atom is 0.346 e. The molecule has 0 aliphatic rings. The van der Waals surface area contributed by atoms with Crippen molar-refractivity contribution in [1.82, 2.24) is 0 Å². The zero-order valence-corrected chi connectivity index (χ0v) is 12.4. The van der Waals surface area contributed by atoms with Gasteiger partial charge in [0.1, 0.15) is 0 Å². The van der Waals surface area contributed by atoms with E-state index in [0.29, 0.717) is 0 Å². The average Bonchev–Trinajstić information content (AvgIpc) is 2.28. The first-order chi connectivity index (χ1) is 7.79. The summed E-state index contributed by atoms with van der Waals surface area (Å²) in [6.45, 7) is 9.88. The molecule has 16 heavy (non-hydrogen) atoms. The first-order valence-corrected chi connectivity index (χ1v) is 8.15. The Morgan fingerprint density at radius 2 is 1.69 bits per heavy atom. The summed E-state index contributed by atoms with van der Waals surface area (Å²) in [6.07, 6.45) is 6.46. The molecule has 3 nitrogen and oxygen atoms in total. The van der Waals surface area contributed by atoms with Crippen molar-refractivity contribution in [3.05, 3.63) is 0 Å². The fraction of sp³-hybridized carbons (Fsp3) is 0.917. The predicted molar refractivity (Wildman–Crippen MR) is 72.5 cm³/mol. The lowest BCUT2D eigenvalue weighted by molar-refractivity contribution is 0.203. The van der Waals surface area contributed by atoms with Gasteiger partial charge in [0.2, 0.25) is 0 Å². The van der Waals surface area contributed by atoms with Crippen molar-refractivity contribution in [2.75, 3.05) is 13.2 Å². The number of aliphatic imine (C=N–C) groups is 1. The van der Waals surface area contributed by atoms with Crippen molar-refractivity contribution in [2.24, 2.45) is 4.99 Å². The number of nitrogens with zero attached hydrogens (tertiary/aromatic N) is 1. The van der Waals surface area contributed by atoms with Crippen LogP contribution in [0.5, 0.6) is 0 Å². The van der Waals surface area contributed by atoms with Gasteiger partial charge in [0.05, 0.1) is 5.67 Å². The van der Waals surface area contributed by atoms with Crippen molar-refractivity contribution < 1.29 is 8.85 Å². The summed E-state index contributed by atoms with van der Waals surface area (Å²) in [5, 5.41) is 0. The standard InChI is InChI=1S/C12H27NO2Si/c1-5-9-11-13-12(10-6-2)16(14-7-3)15-8-4/h11-12,16H,5-10H2,1-4H3. The van der Waals surface area contributed by atoms with Crippen molar-refractivity contribution in [3.63, 3.8) is 0 Å². The Kier molecular flexibility index (Phi) is 11.2. The number of hydrogen-bond acceptors (Lipinski definition) is 3. The zero-order chi connectivity index (χ0) is 12.2. The molecule has 0 aromatic heterocycles. The second kappa shape index (κ2) is 11.3. The molecule has 0 heterocycles. The van der Waals surface area contributed by atoms with E-state index in [0.717, 1.165) is 38.9 Å². The lowest BCUT2D eigenvalue weighted by Crippen LogP contribution is -2.36. The van der Waals surface area contributed by atoms with Crippen LogP contribution in [-0.2, 0) is 8.85 Å². The lowest BCUT2D eigenvalue weighted by atomic mass is 10.3. The molecular formula is C12H27NO2Si. The molecule has 0 aliphatic carbocycles. The topological polar surface area (TPSA) is 30.8 Å². The highest BCUT2D eigenvalue weighted by atomic mass is 28.3. The molecule has 0 radical (unpaired) electrons. The van der Waals surface area contributed by atoms with E-state index < -0.39 is 9.28 Å². The molecule has 0 N–H and O–H groups in total. The molecule has 0 aromatic carbocycles. The molecule has 4 heteroatoms. The minimum absolute atomic E-state index is 0.288. The van der Waals surface area contributed by atoms with Gasteiger partial charge in [-0.15, -0.1) is 0 Å². The second-order valence-electron chi connectivity index (χ2n) is 3.76. The molecule has 0 rings (SSSR count). The fourth-order valence-electron chi connectivity index (χ4n) is 1.51. The van der Waals surface area contributed by atoms with E-state index in [1.54, 1.807) is 0 Å². The van der Waals surface area contributed by atoms with Gasteiger partial charge in [-0.2, -0.15) is 0 Å². The minimum atomic E-state index is -1.61. The third-order valence-corrected chi connectivity index (χ3v) is 4.73. The number of hydrogen-bond donors (Lipinski definition) is 0. The Balaban J connectivity index is 4.30. The highest BCUT2D eigenvalue weighted by molar-refractivity contribution is 6.46.